The molecule has 3 N–H and O–H groups in total. The molecule has 2 rings (SSSR count). The number of nitrogens with one attached hydrogen (secondary N) is 1. The lowest BCUT2D eigenvalue weighted by molar-refractivity contribution is -0.124. The second-order valence-corrected chi connectivity index (χ2v) is 4.91. The van der Waals surface area contributed by atoms with E-state index in [-0.39, 0.29) is 28.6 Å². The Morgan fingerprint density at radius 1 is 1.39 bits per heavy atom. The third-order valence-electron chi connectivity index (χ3n) is 2.91. The van der Waals surface area contributed by atoms with Crippen molar-refractivity contribution in [2.45, 2.75) is 6.54 Å². The van der Waals surface area contributed by atoms with Gasteiger partial charge in [0.1, 0.15) is 17.1 Å². The van der Waals surface area contributed by atoms with Gasteiger partial charge in [0.2, 0.25) is 0 Å². The zero-order valence-electron chi connectivity index (χ0n) is 12.3. The van der Waals surface area contributed by atoms with Crippen LogP contribution in [0.5, 0.6) is 5.75 Å². The number of benzene rings is 1. The van der Waals surface area contributed by atoms with Crippen molar-refractivity contribution >= 4 is 29.2 Å². The zero-order valence-corrected chi connectivity index (χ0v) is 13.1. The number of halogens is 1. The van der Waals surface area contributed by atoms with E-state index in [0.717, 1.165) is 0 Å². The topological polar surface area (TPSA) is 104 Å². The predicted octanol–water partition coefficient (Wildman–Crippen LogP) is 2.00. The lowest BCUT2D eigenvalue weighted by atomic mass is 10.2. The van der Waals surface area contributed by atoms with Crippen LogP contribution < -0.4 is 15.8 Å². The highest BCUT2D eigenvalue weighted by atomic mass is 35.5. The molecule has 7 nitrogen and oxygen atoms in total. The highest BCUT2D eigenvalue weighted by Crippen LogP contribution is 2.29. The number of nitrogens with two attached hydrogens (primary N) is 1. The van der Waals surface area contributed by atoms with E-state index in [1.165, 1.54) is 25.5 Å². The second-order valence-electron chi connectivity index (χ2n) is 4.51. The highest BCUT2D eigenvalue weighted by molar-refractivity contribution is 6.33. The average Bonchev–Trinajstić information content (AvgIpc) is 3.06. The molecule has 0 spiro atoms. The number of amides is 1. The number of nitrogen functional groups attached to an aromatic ring is 1. The quantitative estimate of drug-likeness (QED) is 0.616. The average molecular weight is 339 g/mol. The maximum absolute atomic E-state index is 12.0. The molecule has 1 heterocycles. The number of furan rings is 1. The first kappa shape index (κ1) is 16.7. The van der Waals surface area contributed by atoms with Crippen molar-refractivity contribution in [3.8, 4) is 5.75 Å². The number of anilines is 1. The number of hydrogen-bond acceptors (Lipinski definition) is 6. The fourth-order valence-corrected chi connectivity index (χ4v) is 1.92. The molecule has 1 amide bonds. The fourth-order valence-electron chi connectivity index (χ4n) is 1.76. The Balaban J connectivity index is 1.91. The number of esters is 1. The van der Waals surface area contributed by atoms with Gasteiger partial charge in [-0.25, -0.2) is 4.79 Å². The third-order valence-corrected chi connectivity index (χ3v) is 3.24. The van der Waals surface area contributed by atoms with Crippen molar-refractivity contribution in [3.63, 3.8) is 0 Å². The minimum absolute atomic E-state index is 0.0885. The first-order valence-electron chi connectivity index (χ1n) is 6.60. The zero-order chi connectivity index (χ0) is 16.8. The molecule has 0 saturated heterocycles. The number of methoxy groups -OCH3 is 1. The fraction of sp³-hybridized carbons (Fsp3) is 0.200. The van der Waals surface area contributed by atoms with Crippen molar-refractivity contribution in [2.24, 2.45) is 0 Å². The molecule has 2 aromatic rings. The van der Waals surface area contributed by atoms with Gasteiger partial charge in [-0.1, -0.05) is 11.6 Å². The van der Waals surface area contributed by atoms with Gasteiger partial charge in [-0.2, -0.15) is 0 Å². The van der Waals surface area contributed by atoms with Crippen LogP contribution in [-0.4, -0.2) is 25.6 Å². The maximum Gasteiger partial charge on any atom is 0.342 e. The maximum atomic E-state index is 12.0. The number of carbonyl (C=O) groups excluding carboxylic acids is 2. The number of carbonyl (C=O) groups is 2. The second kappa shape index (κ2) is 7.55. The summed E-state index contributed by atoms with van der Waals surface area (Å²) in [4.78, 5) is 23.7. The predicted molar refractivity (Wildman–Crippen MR) is 83.3 cm³/mol. The molecule has 0 unspecified atom stereocenters. The van der Waals surface area contributed by atoms with Crippen molar-refractivity contribution in [2.75, 3.05) is 19.5 Å². The first-order chi connectivity index (χ1) is 11.0. The standard InChI is InChI=1S/C15H15ClN2O5/c1-21-13-6-12(17)11(16)5-10(13)15(20)23-8-14(19)18-7-9-3-2-4-22-9/h2-6H,7-8,17H2,1H3,(H,18,19). The lowest BCUT2D eigenvalue weighted by Gasteiger charge is -2.10. The monoisotopic (exact) mass is 338 g/mol. The third kappa shape index (κ3) is 4.40. The van der Waals surface area contributed by atoms with E-state index in [1.807, 2.05) is 0 Å². The van der Waals surface area contributed by atoms with Gasteiger partial charge in [-0.15, -0.1) is 0 Å². The Kier molecular flexibility index (Phi) is 5.48. The van der Waals surface area contributed by atoms with Crippen LogP contribution in [0.4, 0.5) is 5.69 Å². The molecular weight excluding hydrogens is 324 g/mol. The van der Waals surface area contributed by atoms with E-state index < -0.39 is 18.5 Å². The minimum Gasteiger partial charge on any atom is -0.496 e. The summed E-state index contributed by atoms with van der Waals surface area (Å²) < 4.78 is 15.1. The van der Waals surface area contributed by atoms with Crippen LogP contribution >= 0.6 is 11.6 Å². The summed E-state index contributed by atoms with van der Waals surface area (Å²) >= 11 is 5.88. The number of rotatable bonds is 6. The van der Waals surface area contributed by atoms with Crippen molar-refractivity contribution in [3.05, 3.63) is 46.9 Å². The van der Waals surface area contributed by atoms with Gasteiger partial charge in [0.25, 0.3) is 5.91 Å². The lowest BCUT2D eigenvalue weighted by Crippen LogP contribution is -2.28. The van der Waals surface area contributed by atoms with Crippen LogP contribution in [0.3, 0.4) is 0 Å². The summed E-state index contributed by atoms with van der Waals surface area (Å²) in [6.07, 6.45) is 1.50. The molecule has 1 aromatic heterocycles. The molecule has 0 bridgehead atoms. The molecule has 23 heavy (non-hydrogen) atoms. The molecule has 0 radical (unpaired) electrons. The molecule has 0 atom stereocenters. The molecule has 8 heteroatoms. The van der Waals surface area contributed by atoms with Gasteiger partial charge >= 0.3 is 5.97 Å². The summed E-state index contributed by atoms with van der Waals surface area (Å²) in [6.45, 7) is -0.231. The number of ether oxygens (including phenoxy) is 2. The van der Waals surface area contributed by atoms with E-state index in [2.05, 4.69) is 5.32 Å². The van der Waals surface area contributed by atoms with Gasteiger partial charge in [0.05, 0.1) is 30.6 Å². The van der Waals surface area contributed by atoms with Gasteiger partial charge in [0.15, 0.2) is 6.61 Å². The summed E-state index contributed by atoms with van der Waals surface area (Å²) in [5.74, 6) is -0.392. The van der Waals surface area contributed by atoms with E-state index in [9.17, 15) is 9.59 Å². The van der Waals surface area contributed by atoms with Crippen LogP contribution in [0.1, 0.15) is 16.1 Å². The highest BCUT2D eigenvalue weighted by Gasteiger charge is 2.17. The Morgan fingerprint density at radius 3 is 2.83 bits per heavy atom. The van der Waals surface area contributed by atoms with Crippen molar-refractivity contribution < 1.29 is 23.5 Å². The van der Waals surface area contributed by atoms with Crippen molar-refractivity contribution in [1.29, 1.82) is 0 Å². The molecule has 1 aromatic carbocycles. The van der Waals surface area contributed by atoms with Gasteiger partial charge < -0.3 is 24.9 Å². The summed E-state index contributed by atoms with van der Waals surface area (Å²) in [5.41, 5.74) is 6.00. The van der Waals surface area contributed by atoms with E-state index in [0.29, 0.717) is 5.76 Å². The van der Waals surface area contributed by atoms with Crippen molar-refractivity contribution in [1.82, 2.24) is 5.32 Å². The number of hydrogen-bond donors (Lipinski definition) is 2. The summed E-state index contributed by atoms with van der Waals surface area (Å²) in [5, 5.41) is 2.75. The van der Waals surface area contributed by atoms with Gasteiger partial charge in [-0.05, 0) is 18.2 Å². The smallest absolute Gasteiger partial charge is 0.342 e. The Hall–Kier alpha value is -2.67. The van der Waals surface area contributed by atoms with Crippen LogP contribution in [0.15, 0.2) is 34.9 Å². The Bertz CT molecular complexity index is 700. The molecule has 122 valence electrons. The normalized spacial score (nSPS) is 10.2. The van der Waals surface area contributed by atoms with E-state index >= 15 is 0 Å². The molecule has 0 aliphatic rings. The van der Waals surface area contributed by atoms with Crippen LogP contribution in [0.2, 0.25) is 5.02 Å². The summed E-state index contributed by atoms with van der Waals surface area (Å²) in [6, 6.07) is 6.17. The molecule has 0 aliphatic carbocycles. The van der Waals surface area contributed by atoms with Crippen LogP contribution in [-0.2, 0) is 16.1 Å². The summed E-state index contributed by atoms with van der Waals surface area (Å²) in [7, 11) is 1.38. The minimum atomic E-state index is -0.739. The Morgan fingerprint density at radius 2 is 2.17 bits per heavy atom. The SMILES string of the molecule is COc1cc(N)c(Cl)cc1C(=O)OCC(=O)NCc1ccco1. The van der Waals surface area contributed by atoms with E-state index in [1.54, 1.807) is 12.1 Å². The largest absolute Gasteiger partial charge is 0.496 e. The first-order valence-corrected chi connectivity index (χ1v) is 6.98. The van der Waals surface area contributed by atoms with Crippen LogP contribution in [0, 0.1) is 0 Å². The molecule has 0 fully saturated rings. The van der Waals surface area contributed by atoms with E-state index in [4.69, 9.17) is 31.2 Å². The van der Waals surface area contributed by atoms with Crippen LogP contribution in [0.25, 0.3) is 0 Å². The van der Waals surface area contributed by atoms with Gasteiger partial charge in [0, 0.05) is 6.07 Å². The molecule has 0 saturated carbocycles. The molecule has 0 aliphatic heterocycles. The molecular formula is C15H15ClN2O5. The van der Waals surface area contributed by atoms with Gasteiger partial charge in [-0.3, -0.25) is 4.79 Å². The Labute approximate surface area is 137 Å².